The molecule has 0 aliphatic rings. The van der Waals surface area contributed by atoms with E-state index in [1.165, 1.54) is 11.8 Å². The molecule has 0 atom stereocenters. The lowest BCUT2D eigenvalue weighted by Gasteiger charge is -2.12. The number of hydrogen-bond donors (Lipinski definition) is 2. The molecule has 5 rings (SSSR count). The summed E-state index contributed by atoms with van der Waals surface area (Å²) in [5.74, 6) is 0.0514. The predicted octanol–water partition coefficient (Wildman–Crippen LogP) is 7.75. The van der Waals surface area contributed by atoms with Gasteiger partial charge >= 0.3 is 0 Å². The molecule has 0 unspecified atom stereocenters. The minimum atomic E-state index is -0.484. The van der Waals surface area contributed by atoms with Crippen molar-refractivity contribution >= 4 is 41.1 Å². The van der Waals surface area contributed by atoms with E-state index in [0.717, 1.165) is 16.0 Å². The van der Waals surface area contributed by atoms with Crippen molar-refractivity contribution in [3.63, 3.8) is 0 Å². The van der Waals surface area contributed by atoms with Crippen molar-refractivity contribution in [2.45, 2.75) is 4.90 Å². The Labute approximate surface area is 260 Å². The number of carbonyl (C=O) groups excluding carboxylic acids is 3. The topological polar surface area (TPSA) is 84.5 Å². The summed E-state index contributed by atoms with van der Waals surface area (Å²) in [6.07, 6.45) is 1.61. The van der Waals surface area contributed by atoms with Crippen LogP contribution in [0.4, 0.5) is 5.69 Å². The van der Waals surface area contributed by atoms with Crippen molar-refractivity contribution in [1.29, 1.82) is 0 Å². The second kappa shape index (κ2) is 14.7. The Morgan fingerprint density at radius 2 is 1.36 bits per heavy atom. The number of ether oxygens (including phenoxy) is 1. The largest absolute Gasteiger partial charge is 0.497 e. The van der Waals surface area contributed by atoms with E-state index in [9.17, 15) is 14.4 Å². The molecule has 0 spiro atoms. The van der Waals surface area contributed by atoms with E-state index >= 15 is 0 Å². The highest BCUT2D eigenvalue weighted by Crippen LogP contribution is 2.25. The summed E-state index contributed by atoms with van der Waals surface area (Å²) in [7, 11) is 1.58. The van der Waals surface area contributed by atoms with Crippen molar-refractivity contribution < 1.29 is 19.1 Å². The molecule has 0 saturated heterocycles. The van der Waals surface area contributed by atoms with Gasteiger partial charge in [-0.05, 0) is 65.2 Å². The zero-order valence-corrected chi connectivity index (χ0v) is 24.8. The summed E-state index contributed by atoms with van der Waals surface area (Å²) in [5.41, 5.74) is 4.55. The third kappa shape index (κ3) is 8.12. The first-order valence-corrected chi connectivity index (χ1v) is 14.9. The molecule has 0 radical (unpaired) electrons. The number of hydrogen-bond acceptors (Lipinski definition) is 5. The summed E-state index contributed by atoms with van der Waals surface area (Å²) in [6.45, 7) is 0. The maximum atomic E-state index is 13.4. The lowest BCUT2D eigenvalue weighted by atomic mass is 10.0. The molecule has 0 saturated carbocycles. The zero-order valence-electron chi connectivity index (χ0n) is 24.0. The number of rotatable bonds is 11. The van der Waals surface area contributed by atoms with E-state index in [-0.39, 0.29) is 17.2 Å². The van der Waals surface area contributed by atoms with Gasteiger partial charge in [0.05, 0.1) is 12.9 Å². The highest BCUT2D eigenvalue weighted by Gasteiger charge is 2.16. The summed E-state index contributed by atoms with van der Waals surface area (Å²) in [5, 5.41) is 5.62. The van der Waals surface area contributed by atoms with E-state index in [0.29, 0.717) is 28.1 Å². The molecule has 6 nitrogen and oxygen atoms in total. The van der Waals surface area contributed by atoms with Gasteiger partial charge in [0.15, 0.2) is 5.78 Å². The van der Waals surface area contributed by atoms with Gasteiger partial charge in [-0.3, -0.25) is 14.4 Å². The van der Waals surface area contributed by atoms with Crippen LogP contribution in [0.3, 0.4) is 0 Å². The van der Waals surface area contributed by atoms with Gasteiger partial charge in [-0.2, -0.15) is 0 Å². The fourth-order valence-electron chi connectivity index (χ4n) is 4.38. The zero-order chi connectivity index (χ0) is 30.7. The Bertz CT molecular complexity index is 1770. The number of methoxy groups -OCH3 is 1. The molecule has 0 aromatic heterocycles. The van der Waals surface area contributed by atoms with Crippen LogP contribution in [0.2, 0.25) is 0 Å². The average molecular weight is 599 g/mol. The van der Waals surface area contributed by atoms with Crippen molar-refractivity contribution in [2.24, 2.45) is 0 Å². The van der Waals surface area contributed by atoms with Gasteiger partial charge in [-0.1, -0.05) is 91.0 Å². The van der Waals surface area contributed by atoms with Gasteiger partial charge in [0.2, 0.25) is 0 Å². The van der Waals surface area contributed by atoms with Crippen LogP contribution >= 0.6 is 11.8 Å². The number of carbonyl (C=O) groups is 3. The smallest absolute Gasteiger partial charge is 0.272 e. The number of Topliss-reactive ketones (excluding diaryl/α,β-unsaturated/α-hetero) is 1. The second-order valence-corrected chi connectivity index (χ2v) is 10.8. The van der Waals surface area contributed by atoms with Crippen molar-refractivity contribution in [2.75, 3.05) is 18.2 Å². The quantitative estimate of drug-likeness (QED) is 0.0923. The number of benzene rings is 5. The van der Waals surface area contributed by atoms with Gasteiger partial charge in [-0.15, -0.1) is 11.8 Å². The van der Waals surface area contributed by atoms with Crippen LogP contribution in [0.5, 0.6) is 5.75 Å². The number of amides is 2. The summed E-state index contributed by atoms with van der Waals surface area (Å²) < 4.78 is 5.22. The number of nitrogens with one attached hydrogen (secondary N) is 2. The molecule has 0 aliphatic heterocycles. The summed E-state index contributed by atoms with van der Waals surface area (Å²) >= 11 is 1.39. The SMILES string of the molecule is COc1ccc(/C=C(\NC(=O)c2ccccc2)C(=O)Nc2cccc(SCC(=O)c3ccc(-c4ccccc4)cc3)c2)cc1. The first-order chi connectivity index (χ1) is 21.5. The normalized spacial score (nSPS) is 11.0. The van der Waals surface area contributed by atoms with Crippen LogP contribution < -0.4 is 15.4 Å². The molecule has 5 aromatic carbocycles. The molecule has 7 heteroatoms. The minimum absolute atomic E-state index is 0.0115. The first kappa shape index (κ1) is 30.1. The van der Waals surface area contributed by atoms with Crippen LogP contribution in [0.15, 0.2) is 144 Å². The van der Waals surface area contributed by atoms with Crippen molar-refractivity contribution in [3.8, 4) is 16.9 Å². The summed E-state index contributed by atoms with van der Waals surface area (Å²) in [6, 6.07) is 40.7. The average Bonchev–Trinajstić information content (AvgIpc) is 3.08. The van der Waals surface area contributed by atoms with Gasteiger partial charge in [0.1, 0.15) is 11.4 Å². The fraction of sp³-hybridized carbons (Fsp3) is 0.0541. The van der Waals surface area contributed by atoms with Crippen LogP contribution in [0.1, 0.15) is 26.3 Å². The Hall–Kier alpha value is -5.40. The minimum Gasteiger partial charge on any atom is -0.497 e. The molecule has 0 fully saturated rings. The fourth-order valence-corrected chi connectivity index (χ4v) is 5.23. The van der Waals surface area contributed by atoms with Crippen LogP contribution in [-0.4, -0.2) is 30.5 Å². The Kier molecular flexibility index (Phi) is 10.0. The second-order valence-electron chi connectivity index (χ2n) is 9.79. The maximum Gasteiger partial charge on any atom is 0.272 e. The van der Waals surface area contributed by atoms with E-state index < -0.39 is 11.8 Å². The van der Waals surface area contributed by atoms with Crippen LogP contribution in [0, 0.1) is 0 Å². The number of ketones is 1. The van der Waals surface area contributed by atoms with Gasteiger partial charge < -0.3 is 15.4 Å². The van der Waals surface area contributed by atoms with E-state index in [2.05, 4.69) is 10.6 Å². The lowest BCUT2D eigenvalue weighted by molar-refractivity contribution is -0.113. The van der Waals surface area contributed by atoms with Gasteiger partial charge in [0.25, 0.3) is 11.8 Å². The maximum absolute atomic E-state index is 13.4. The molecule has 2 amide bonds. The highest BCUT2D eigenvalue weighted by atomic mass is 32.2. The Morgan fingerprint density at radius 1 is 0.705 bits per heavy atom. The third-order valence-electron chi connectivity index (χ3n) is 6.73. The molecule has 218 valence electrons. The van der Waals surface area contributed by atoms with Gasteiger partial charge in [-0.25, -0.2) is 0 Å². The van der Waals surface area contributed by atoms with Crippen molar-refractivity contribution in [3.05, 3.63) is 156 Å². The first-order valence-electron chi connectivity index (χ1n) is 13.9. The third-order valence-corrected chi connectivity index (χ3v) is 7.73. The van der Waals surface area contributed by atoms with Gasteiger partial charge in [0, 0.05) is 21.7 Å². The van der Waals surface area contributed by atoms with E-state index in [1.54, 1.807) is 73.8 Å². The molecule has 5 aromatic rings. The lowest BCUT2D eigenvalue weighted by Crippen LogP contribution is -2.30. The monoisotopic (exact) mass is 598 g/mol. The molecular weight excluding hydrogens is 568 g/mol. The van der Waals surface area contributed by atoms with Crippen molar-refractivity contribution in [1.82, 2.24) is 5.32 Å². The van der Waals surface area contributed by atoms with Crippen LogP contribution in [0.25, 0.3) is 17.2 Å². The molecule has 0 bridgehead atoms. The predicted molar refractivity (Wildman–Crippen MR) is 177 cm³/mol. The molecule has 44 heavy (non-hydrogen) atoms. The Balaban J connectivity index is 1.26. The number of thioether (sulfide) groups is 1. The molecule has 0 aliphatic carbocycles. The highest BCUT2D eigenvalue weighted by molar-refractivity contribution is 8.00. The standard InChI is InChI=1S/C37H30N2O4S/c1-43-32-21-15-26(16-22-32)23-34(39-36(41)30-11-6-3-7-12-30)37(42)38-31-13-8-14-33(24-31)44-25-35(40)29-19-17-28(18-20-29)27-9-4-2-5-10-27/h2-24H,25H2,1H3,(H,38,42)(H,39,41)/b34-23-. The molecular formula is C37H30N2O4S. The molecule has 0 heterocycles. The Morgan fingerprint density at radius 3 is 2.05 bits per heavy atom. The van der Waals surface area contributed by atoms with Crippen LogP contribution in [-0.2, 0) is 4.79 Å². The molecule has 2 N–H and O–H groups in total. The number of anilines is 1. The van der Waals surface area contributed by atoms with E-state index in [4.69, 9.17) is 4.74 Å². The van der Waals surface area contributed by atoms with E-state index in [1.807, 2.05) is 72.8 Å². The summed E-state index contributed by atoms with van der Waals surface area (Å²) in [4.78, 5) is 40.1.